The minimum Gasteiger partial charge on any atom is -0.317 e. The van der Waals surface area contributed by atoms with Crippen LogP contribution in [0.25, 0.3) is 10.9 Å². The first-order valence-electron chi connectivity index (χ1n) is 6.45. The van der Waals surface area contributed by atoms with Gasteiger partial charge in [-0.15, -0.1) is 0 Å². The quantitative estimate of drug-likeness (QED) is 0.768. The highest BCUT2D eigenvalue weighted by atomic mass is 14.8. The van der Waals surface area contributed by atoms with Crippen molar-refractivity contribution in [3.8, 4) is 0 Å². The van der Waals surface area contributed by atoms with Gasteiger partial charge in [0.05, 0.1) is 5.52 Å². The maximum Gasteiger partial charge on any atom is 0.0704 e. The van der Waals surface area contributed by atoms with Gasteiger partial charge in [-0.05, 0) is 50.0 Å². The van der Waals surface area contributed by atoms with Crippen molar-refractivity contribution in [3.63, 3.8) is 0 Å². The number of rotatable bonds is 6. The van der Waals surface area contributed by atoms with Gasteiger partial charge in [-0.2, -0.15) is 0 Å². The van der Waals surface area contributed by atoms with Crippen molar-refractivity contribution < 1.29 is 0 Å². The van der Waals surface area contributed by atoms with Gasteiger partial charge in [-0.1, -0.05) is 25.1 Å². The molecule has 1 aromatic heterocycles. The third-order valence-corrected chi connectivity index (χ3v) is 2.96. The van der Waals surface area contributed by atoms with Crippen LogP contribution in [0.15, 0.2) is 36.5 Å². The third kappa shape index (κ3) is 3.27. The topological polar surface area (TPSA) is 24.9 Å². The molecule has 0 unspecified atom stereocenters. The van der Waals surface area contributed by atoms with Gasteiger partial charge in [0.1, 0.15) is 0 Å². The number of nitrogens with one attached hydrogen (secondary N) is 1. The highest BCUT2D eigenvalue weighted by molar-refractivity contribution is 5.81. The second-order valence-electron chi connectivity index (χ2n) is 4.34. The van der Waals surface area contributed by atoms with Crippen LogP contribution in [-0.4, -0.2) is 18.1 Å². The molecule has 0 saturated heterocycles. The lowest BCUT2D eigenvalue weighted by atomic mass is 10.0. The van der Waals surface area contributed by atoms with Crippen LogP contribution in [0.4, 0.5) is 0 Å². The van der Waals surface area contributed by atoms with Crippen molar-refractivity contribution in [1.82, 2.24) is 10.3 Å². The Kier molecular flexibility index (Phi) is 4.51. The van der Waals surface area contributed by atoms with E-state index in [1.807, 2.05) is 12.3 Å². The monoisotopic (exact) mass is 228 g/mol. The number of pyridine rings is 1. The summed E-state index contributed by atoms with van der Waals surface area (Å²) in [7, 11) is 0. The van der Waals surface area contributed by atoms with E-state index in [0.29, 0.717) is 0 Å². The number of nitrogens with zero attached hydrogens (tertiary/aromatic N) is 1. The van der Waals surface area contributed by atoms with Crippen molar-refractivity contribution in [2.45, 2.75) is 26.2 Å². The zero-order valence-electron chi connectivity index (χ0n) is 10.4. The average Bonchev–Trinajstić information content (AvgIpc) is 2.39. The molecule has 2 aromatic rings. The molecule has 2 heteroatoms. The SMILES string of the molecule is CCCNCCCc1cccc2ncccc12. The Morgan fingerprint density at radius 2 is 2.06 bits per heavy atom. The normalized spacial score (nSPS) is 10.9. The minimum absolute atomic E-state index is 1.10. The largest absolute Gasteiger partial charge is 0.317 e. The van der Waals surface area contributed by atoms with E-state index in [-0.39, 0.29) is 0 Å². The maximum atomic E-state index is 4.38. The Balaban J connectivity index is 1.98. The summed E-state index contributed by atoms with van der Waals surface area (Å²) in [5.41, 5.74) is 2.51. The van der Waals surface area contributed by atoms with Crippen molar-refractivity contribution in [2.75, 3.05) is 13.1 Å². The lowest BCUT2D eigenvalue weighted by molar-refractivity contribution is 0.641. The lowest BCUT2D eigenvalue weighted by Gasteiger charge is -2.06. The number of benzene rings is 1. The van der Waals surface area contributed by atoms with Gasteiger partial charge >= 0.3 is 0 Å². The highest BCUT2D eigenvalue weighted by Crippen LogP contribution is 2.17. The summed E-state index contributed by atoms with van der Waals surface area (Å²) in [6.45, 7) is 4.42. The number of hydrogen-bond donors (Lipinski definition) is 1. The van der Waals surface area contributed by atoms with Crippen LogP contribution in [0, 0.1) is 0 Å². The predicted molar refractivity (Wildman–Crippen MR) is 73.2 cm³/mol. The fraction of sp³-hybridized carbons (Fsp3) is 0.400. The van der Waals surface area contributed by atoms with E-state index in [1.165, 1.54) is 23.8 Å². The smallest absolute Gasteiger partial charge is 0.0704 e. The first-order chi connectivity index (χ1) is 8.42. The lowest BCUT2D eigenvalue weighted by Crippen LogP contribution is -2.16. The van der Waals surface area contributed by atoms with Crippen molar-refractivity contribution in [3.05, 3.63) is 42.1 Å². The number of aromatic nitrogens is 1. The molecular weight excluding hydrogens is 208 g/mol. The molecule has 1 aromatic carbocycles. The molecule has 2 rings (SSSR count). The molecule has 0 atom stereocenters. The van der Waals surface area contributed by atoms with Crippen molar-refractivity contribution in [1.29, 1.82) is 0 Å². The summed E-state index contributed by atoms with van der Waals surface area (Å²) in [6, 6.07) is 10.6. The molecule has 0 radical (unpaired) electrons. The third-order valence-electron chi connectivity index (χ3n) is 2.96. The Bertz CT molecular complexity index is 460. The zero-order chi connectivity index (χ0) is 11.9. The Morgan fingerprint density at radius 3 is 2.94 bits per heavy atom. The molecule has 0 aliphatic carbocycles. The number of hydrogen-bond acceptors (Lipinski definition) is 2. The van der Waals surface area contributed by atoms with Crippen LogP contribution in [0.1, 0.15) is 25.3 Å². The molecule has 0 spiro atoms. The van der Waals surface area contributed by atoms with E-state index >= 15 is 0 Å². The second kappa shape index (κ2) is 6.36. The summed E-state index contributed by atoms with van der Waals surface area (Å²) in [5, 5.41) is 4.73. The molecule has 1 N–H and O–H groups in total. The Labute approximate surface area is 103 Å². The van der Waals surface area contributed by atoms with Gasteiger partial charge < -0.3 is 5.32 Å². The fourth-order valence-electron chi connectivity index (χ4n) is 2.09. The van der Waals surface area contributed by atoms with Crippen LogP contribution in [-0.2, 0) is 6.42 Å². The second-order valence-corrected chi connectivity index (χ2v) is 4.34. The van der Waals surface area contributed by atoms with Crippen molar-refractivity contribution in [2.24, 2.45) is 0 Å². The molecule has 1 heterocycles. The van der Waals surface area contributed by atoms with Crippen molar-refractivity contribution >= 4 is 10.9 Å². The fourth-order valence-corrected chi connectivity index (χ4v) is 2.09. The summed E-state index contributed by atoms with van der Waals surface area (Å²) in [6.07, 6.45) is 5.38. The Hall–Kier alpha value is -1.41. The molecule has 0 amide bonds. The summed E-state index contributed by atoms with van der Waals surface area (Å²) in [5.74, 6) is 0. The molecule has 17 heavy (non-hydrogen) atoms. The molecule has 0 bridgehead atoms. The average molecular weight is 228 g/mol. The highest BCUT2D eigenvalue weighted by Gasteiger charge is 2.00. The van der Waals surface area contributed by atoms with Gasteiger partial charge in [0, 0.05) is 11.6 Å². The van der Waals surface area contributed by atoms with Crippen LogP contribution in [0.2, 0.25) is 0 Å². The van der Waals surface area contributed by atoms with Gasteiger partial charge in [-0.25, -0.2) is 0 Å². The predicted octanol–water partition coefficient (Wildman–Crippen LogP) is 3.17. The minimum atomic E-state index is 1.10. The van der Waals surface area contributed by atoms with E-state index in [9.17, 15) is 0 Å². The van der Waals surface area contributed by atoms with Crippen LogP contribution >= 0.6 is 0 Å². The van der Waals surface area contributed by atoms with Gasteiger partial charge in [0.2, 0.25) is 0 Å². The summed E-state index contributed by atoms with van der Waals surface area (Å²) >= 11 is 0. The molecule has 90 valence electrons. The van der Waals surface area contributed by atoms with Gasteiger partial charge in [0.25, 0.3) is 0 Å². The van der Waals surface area contributed by atoms with Gasteiger partial charge in [-0.3, -0.25) is 4.98 Å². The van der Waals surface area contributed by atoms with E-state index in [2.05, 4.69) is 41.5 Å². The standard InChI is InChI=1S/C15H20N2/c1-2-10-16-11-4-7-13-6-3-9-15-14(13)8-5-12-17-15/h3,5-6,8-9,12,16H,2,4,7,10-11H2,1H3. The molecule has 0 aliphatic rings. The summed E-state index contributed by atoms with van der Waals surface area (Å²) in [4.78, 5) is 4.38. The molecule has 0 saturated carbocycles. The molecule has 0 aliphatic heterocycles. The van der Waals surface area contributed by atoms with E-state index in [1.54, 1.807) is 0 Å². The Morgan fingerprint density at radius 1 is 1.12 bits per heavy atom. The number of fused-ring (bicyclic) bond motifs is 1. The molecule has 2 nitrogen and oxygen atoms in total. The van der Waals surface area contributed by atoms with E-state index < -0.39 is 0 Å². The van der Waals surface area contributed by atoms with Crippen LogP contribution in [0.3, 0.4) is 0 Å². The maximum absolute atomic E-state index is 4.38. The molecular formula is C15H20N2. The van der Waals surface area contributed by atoms with Gasteiger partial charge in [0.15, 0.2) is 0 Å². The van der Waals surface area contributed by atoms with Crippen LogP contribution in [0.5, 0.6) is 0 Å². The van der Waals surface area contributed by atoms with Crippen LogP contribution < -0.4 is 5.32 Å². The first-order valence-corrected chi connectivity index (χ1v) is 6.45. The summed E-state index contributed by atoms with van der Waals surface area (Å²) < 4.78 is 0. The van der Waals surface area contributed by atoms with E-state index in [4.69, 9.17) is 0 Å². The van der Waals surface area contributed by atoms with E-state index in [0.717, 1.165) is 25.0 Å². The molecule has 0 fully saturated rings. The first kappa shape index (κ1) is 12.1. The zero-order valence-corrected chi connectivity index (χ0v) is 10.4. The number of aryl methyl sites for hydroxylation is 1.